The summed E-state index contributed by atoms with van der Waals surface area (Å²) in [7, 11) is 1.75. The van der Waals surface area contributed by atoms with Gasteiger partial charge in [-0.1, -0.05) is 87.5 Å². The SMILES string of the molecule is COc1cc2c3c(c1)-n1c(nc4ccc(-c5ccccc5)cc41)B3c1cc(C(C)(C)C)ccc1N2c1ccccc1. The first-order chi connectivity index (χ1) is 19.9. The van der Waals surface area contributed by atoms with Crippen LogP contribution in [0.15, 0.2) is 109 Å². The number of para-hydroxylation sites is 1. The van der Waals surface area contributed by atoms with E-state index in [1.807, 2.05) is 0 Å². The van der Waals surface area contributed by atoms with E-state index in [1.54, 1.807) is 7.11 Å². The van der Waals surface area contributed by atoms with Gasteiger partial charge in [-0.25, -0.2) is 4.98 Å². The number of aromatic nitrogens is 2. The second kappa shape index (κ2) is 8.62. The lowest BCUT2D eigenvalue weighted by Gasteiger charge is -2.36. The van der Waals surface area contributed by atoms with E-state index >= 15 is 0 Å². The number of anilines is 3. The minimum atomic E-state index is 0.0238. The average Bonchev–Trinajstić information content (AvgIpc) is 3.52. The van der Waals surface area contributed by atoms with Crippen molar-refractivity contribution in [1.29, 1.82) is 0 Å². The number of ether oxygens (including phenoxy) is 1. The van der Waals surface area contributed by atoms with Gasteiger partial charge in [-0.15, -0.1) is 0 Å². The Morgan fingerprint density at radius 2 is 1.44 bits per heavy atom. The molecule has 0 bridgehead atoms. The number of hydrogen-bond donors (Lipinski definition) is 0. The van der Waals surface area contributed by atoms with Crippen LogP contribution >= 0.6 is 0 Å². The molecule has 0 fully saturated rings. The fraction of sp³-hybridized carbons (Fsp3) is 0.139. The van der Waals surface area contributed by atoms with E-state index in [1.165, 1.54) is 33.3 Å². The van der Waals surface area contributed by atoms with E-state index in [0.29, 0.717) is 0 Å². The van der Waals surface area contributed by atoms with E-state index in [4.69, 9.17) is 9.72 Å². The summed E-state index contributed by atoms with van der Waals surface area (Å²) in [4.78, 5) is 7.71. The third-order valence-electron chi connectivity index (χ3n) is 8.62. The third-order valence-corrected chi connectivity index (χ3v) is 8.62. The zero-order valence-electron chi connectivity index (χ0n) is 23.7. The number of fused-ring (bicyclic) bond motifs is 7. The molecule has 2 aliphatic rings. The number of methoxy groups -OCH3 is 1. The minimum Gasteiger partial charge on any atom is -0.497 e. The standard InChI is InChI=1S/C36H30BN3O/c1-36(2,3)25-16-18-30-28(20-25)37-34-32(39(30)26-13-9-6-10-14-26)21-27(41-4)22-33(34)40-31-19-24(23-11-7-5-8-12-23)15-17-29(31)38-35(37)40/h5-22H,1-4H3. The van der Waals surface area contributed by atoms with Gasteiger partial charge in [0.1, 0.15) is 5.75 Å². The molecule has 0 atom stereocenters. The Morgan fingerprint density at radius 1 is 0.707 bits per heavy atom. The molecule has 0 aliphatic carbocycles. The summed E-state index contributed by atoms with van der Waals surface area (Å²) >= 11 is 0. The van der Waals surface area contributed by atoms with Crippen molar-refractivity contribution in [3.8, 4) is 22.6 Å². The van der Waals surface area contributed by atoms with Crippen LogP contribution in [0.4, 0.5) is 17.1 Å². The predicted octanol–water partition coefficient (Wildman–Crippen LogP) is 6.61. The molecule has 0 spiro atoms. The third kappa shape index (κ3) is 3.51. The molecule has 41 heavy (non-hydrogen) atoms. The molecule has 0 N–H and O–H groups in total. The fourth-order valence-corrected chi connectivity index (χ4v) is 6.60. The molecule has 1 aromatic heterocycles. The minimum absolute atomic E-state index is 0.0238. The molecule has 5 aromatic carbocycles. The number of imidazole rings is 1. The molecule has 0 saturated heterocycles. The molecule has 0 unspecified atom stereocenters. The van der Waals surface area contributed by atoms with Crippen LogP contribution in [0.1, 0.15) is 26.3 Å². The monoisotopic (exact) mass is 531 g/mol. The summed E-state index contributed by atoms with van der Waals surface area (Å²) in [6.07, 6.45) is 0. The highest BCUT2D eigenvalue weighted by molar-refractivity contribution is 6.99. The van der Waals surface area contributed by atoms with Crippen molar-refractivity contribution in [2.75, 3.05) is 12.0 Å². The van der Waals surface area contributed by atoms with E-state index in [2.05, 4.69) is 139 Å². The van der Waals surface area contributed by atoms with Crippen LogP contribution in [0.3, 0.4) is 0 Å². The summed E-state index contributed by atoms with van der Waals surface area (Å²) in [5, 5.41) is 0. The van der Waals surface area contributed by atoms with Crippen molar-refractivity contribution in [1.82, 2.24) is 9.55 Å². The highest BCUT2D eigenvalue weighted by Crippen LogP contribution is 2.42. The largest absolute Gasteiger partial charge is 0.497 e. The molecule has 4 nitrogen and oxygen atoms in total. The lowest BCUT2D eigenvalue weighted by molar-refractivity contribution is 0.415. The summed E-state index contributed by atoms with van der Waals surface area (Å²) < 4.78 is 8.28. The zero-order valence-corrected chi connectivity index (χ0v) is 23.7. The van der Waals surface area contributed by atoms with Gasteiger partial charge >= 0.3 is 0 Å². The predicted molar refractivity (Wildman–Crippen MR) is 171 cm³/mol. The van der Waals surface area contributed by atoms with Crippen LogP contribution in [-0.2, 0) is 5.41 Å². The first-order valence-corrected chi connectivity index (χ1v) is 14.2. The normalized spacial score (nSPS) is 13.3. The topological polar surface area (TPSA) is 30.3 Å². The van der Waals surface area contributed by atoms with Gasteiger partial charge in [0.15, 0.2) is 0 Å². The lowest BCUT2D eigenvalue weighted by Crippen LogP contribution is -2.56. The Bertz CT molecular complexity index is 1970. The fourth-order valence-electron chi connectivity index (χ4n) is 6.60. The lowest BCUT2D eigenvalue weighted by atomic mass is 9.38. The quantitative estimate of drug-likeness (QED) is 0.241. The number of hydrogen-bond acceptors (Lipinski definition) is 3. The molecule has 6 aromatic rings. The maximum absolute atomic E-state index is 5.91. The van der Waals surface area contributed by atoms with Crippen molar-refractivity contribution < 1.29 is 4.74 Å². The molecular formula is C36H30BN3O. The first-order valence-electron chi connectivity index (χ1n) is 14.2. The Hall–Kier alpha value is -4.77. The number of rotatable bonds is 3. The molecule has 5 heteroatoms. The van der Waals surface area contributed by atoms with Crippen LogP contribution in [0, 0.1) is 0 Å². The molecule has 0 saturated carbocycles. The van der Waals surface area contributed by atoms with Gasteiger partial charge in [0.2, 0.25) is 0 Å². The van der Waals surface area contributed by atoms with Crippen molar-refractivity contribution in [3.63, 3.8) is 0 Å². The second-order valence-electron chi connectivity index (χ2n) is 12.1. The highest BCUT2D eigenvalue weighted by Gasteiger charge is 2.45. The van der Waals surface area contributed by atoms with E-state index in [0.717, 1.165) is 39.6 Å². The van der Waals surface area contributed by atoms with Crippen molar-refractivity contribution >= 4 is 51.5 Å². The van der Waals surface area contributed by atoms with Crippen LogP contribution in [0.2, 0.25) is 0 Å². The van der Waals surface area contributed by atoms with Gasteiger partial charge in [0, 0.05) is 34.9 Å². The summed E-state index contributed by atoms with van der Waals surface area (Å²) in [6.45, 7) is 6.87. The zero-order chi connectivity index (χ0) is 27.9. The van der Waals surface area contributed by atoms with E-state index < -0.39 is 0 Å². The van der Waals surface area contributed by atoms with Crippen molar-refractivity contribution in [2.45, 2.75) is 26.2 Å². The van der Waals surface area contributed by atoms with Crippen LogP contribution in [-0.4, -0.2) is 23.4 Å². The van der Waals surface area contributed by atoms with Crippen LogP contribution in [0.25, 0.3) is 27.8 Å². The molecule has 2 aliphatic heterocycles. The van der Waals surface area contributed by atoms with Gasteiger partial charge in [-0.05, 0) is 63.4 Å². The number of benzene rings is 5. The van der Waals surface area contributed by atoms with Crippen molar-refractivity contribution in [2.24, 2.45) is 0 Å². The molecule has 3 heterocycles. The number of nitrogens with zero attached hydrogens (tertiary/aromatic N) is 3. The molecule has 0 radical (unpaired) electrons. The maximum Gasteiger partial charge on any atom is 0.294 e. The van der Waals surface area contributed by atoms with Gasteiger partial charge in [0.05, 0.1) is 23.9 Å². The first kappa shape index (κ1) is 24.1. The van der Waals surface area contributed by atoms with E-state index in [-0.39, 0.29) is 12.1 Å². The summed E-state index contributed by atoms with van der Waals surface area (Å²) in [5.74, 6) is 0.835. The van der Waals surface area contributed by atoms with E-state index in [9.17, 15) is 0 Å². The highest BCUT2D eigenvalue weighted by atomic mass is 16.5. The van der Waals surface area contributed by atoms with Crippen LogP contribution in [0.5, 0.6) is 5.75 Å². The van der Waals surface area contributed by atoms with Gasteiger partial charge < -0.3 is 14.2 Å². The van der Waals surface area contributed by atoms with Crippen molar-refractivity contribution in [3.05, 3.63) is 115 Å². The average molecular weight is 531 g/mol. The van der Waals surface area contributed by atoms with Gasteiger partial charge in [-0.2, -0.15) is 0 Å². The summed E-state index contributed by atoms with van der Waals surface area (Å²) in [6, 6.07) is 39.2. The maximum atomic E-state index is 5.91. The van der Waals surface area contributed by atoms with Crippen LogP contribution < -0.4 is 26.3 Å². The Labute approximate surface area is 240 Å². The molecule has 0 amide bonds. The smallest absolute Gasteiger partial charge is 0.294 e. The Balaban J connectivity index is 1.46. The Morgan fingerprint density at radius 3 is 2.17 bits per heavy atom. The second-order valence-corrected chi connectivity index (χ2v) is 12.1. The molecular weight excluding hydrogens is 501 g/mol. The Kier molecular flexibility index (Phi) is 5.06. The summed E-state index contributed by atoms with van der Waals surface area (Å²) in [5.41, 5.74) is 14.1. The molecule has 8 rings (SSSR count). The van der Waals surface area contributed by atoms with Gasteiger partial charge in [-0.3, -0.25) is 0 Å². The van der Waals surface area contributed by atoms with Gasteiger partial charge in [0.25, 0.3) is 6.71 Å². The molecule has 198 valence electrons.